The summed E-state index contributed by atoms with van der Waals surface area (Å²) in [6.45, 7) is 4.43. The zero-order valence-corrected chi connectivity index (χ0v) is 14.8. The summed E-state index contributed by atoms with van der Waals surface area (Å²) in [6, 6.07) is -0.869. The third-order valence-corrected chi connectivity index (χ3v) is 5.25. The summed E-state index contributed by atoms with van der Waals surface area (Å²) < 4.78 is 0. The predicted octanol–water partition coefficient (Wildman–Crippen LogP) is 0.945. The normalized spacial score (nSPS) is 21.2. The fourth-order valence-electron chi connectivity index (χ4n) is 3.57. The number of amides is 4. The molecule has 7 heteroatoms. The minimum atomic E-state index is -0.492. The lowest BCUT2D eigenvalue weighted by Crippen LogP contribution is -2.56. The molecule has 1 aliphatic carbocycles. The molecule has 2 fully saturated rings. The molecule has 0 unspecified atom stereocenters. The highest BCUT2D eigenvalue weighted by Crippen LogP contribution is 2.27. The predicted molar refractivity (Wildman–Crippen MR) is 91.4 cm³/mol. The molecular weight excluding hydrogens is 308 g/mol. The number of nitrogens with one attached hydrogen (secondary N) is 2. The molecule has 2 N–H and O–H groups in total. The number of urea groups is 1. The number of nitrogens with zero attached hydrogens (tertiary/aromatic N) is 2. The Balaban J connectivity index is 1.74. The van der Waals surface area contributed by atoms with Gasteiger partial charge in [-0.25, -0.2) is 4.79 Å². The molecular formula is C17H30N4O3. The first-order valence-electron chi connectivity index (χ1n) is 9.05. The van der Waals surface area contributed by atoms with Gasteiger partial charge in [-0.2, -0.15) is 0 Å². The first-order valence-corrected chi connectivity index (χ1v) is 9.05. The van der Waals surface area contributed by atoms with E-state index in [-0.39, 0.29) is 17.9 Å². The van der Waals surface area contributed by atoms with Crippen molar-refractivity contribution in [2.24, 2.45) is 5.92 Å². The third-order valence-electron chi connectivity index (χ3n) is 5.25. The lowest BCUT2D eigenvalue weighted by atomic mass is 9.86. The van der Waals surface area contributed by atoms with Gasteiger partial charge in [-0.1, -0.05) is 19.3 Å². The maximum absolute atomic E-state index is 12.4. The molecule has 0 spiro atoms. The Bertz CT molecular complexity index is 455. The van der Waals surface area contributed by atoms with Gasteiger partial charge in [0.2, 0.25) is 11.8 Å². The largest absolute Gasteiger partial charge is 0.341 e. The average Bonchev–Trinajstić information content (AvgIpc) is 2.61. The SMILES string of the molecule is CNC(=O)NC(=O)[C@@H](C)N1CCN(C(=O)CC2CCCCC2)CC1. The lowest BCUT2D eigenvalue weighted by molar-refractivity contribution is -0.135. The maximum Gasteiger partial charge on any atom is 0.321 e. The Labute approximate surface area is 144 Å². The zero-order valence-electron chi connectivity index (χ0n) is 14.8. The minimum Gasteiger partial charge on any atom is -0.341 e. The van der Waals surface area contributed by atoms with Crippen molar-refractivity contribution < 1.29 is 14.4 Å². The van der Waals surface area contributed by atoms with Gasteiger partial charge in [0.1, 0.15) is 0 Å². The molecule has 4 amide bonds. The van der Waals surface area contributed by atoms with Crippen LogP contribution in [0.5, 0.6) is 0 Å². The van der Waals surface area contributed by atoms with Crippen LogP contribution in [0.3, 0.4) is 0 Å². The molecule has 1 saturated heterocycles. The van der Waals surface area contributed by atoms with Crippen molar-refractivity contribution in [1.82, 2.24) is 20.4 Å². The number of hydrogen-bond acceptors (Lipinski definition) is 4. The van der Waals surface area contributed by atoms with E-state index in [1.807, 2.05) is 9.80 Å². The highest BCUT2D eigenvalue weighted by molar-refractivity contribution is 5.96. The number of hydrogen-bond donors (Lipinski definition) is 2. The summed E-state index contributed by atoms with van der Waals surface area (Å²) in [6.07, 6.45) is 6.85. The van der Waals surface area contributed by atoms with Crippen molar-refractivity contribution in [2.75, 3.05) is 33.2 Å². The van der Waals surface area contributed by atoms with Crippen molar-refractivity contribution >= 4 is 17.8 Å². The van der Waals surface area contributed by atoms with Gasteiger partial charge in [0.15, 0.2) is 0 Å². The van der Waals surface area contributed by atoms with Crippen LogP contribution in [0, 0.1) is 5.92 Å². The van der Waals surface area contributed by atoms with E-state index < -0.39 is 6.03 Å². The Morgan fingerprint density at radius 1 is 1.04 bits per heavy atom. The Hall–Kier alpha value is -1.63. The Kier molecular flexibility index (Phi) is 7.02. The van der Waals surface area contributed by atoms with Crippen molar-refractivity contribution in [3.63, 3.8) is 0 Å². The molecule has 24 heavy (non-hydrogen) atoms. The van der Waals surface area contributed by atoms with Crippen LogP contribution in [0.4, 0.5) is 4.79 Å². The number of rotatable bonds is 4. The zero-order chi connectivity index (χ0) is 17.5. The second-order valence-electron chi connectivity index (χ2n) is 6.87. The fraction of sp³-hybridized carbons (Fsp3) is 0.824. The average molecular weight is 338 g/mol. The second-order valence-corrected chi connectivity index (χ2v) is 6.87. The van der Waals surface area contributed by atoms with E-state index in [9.17, 15) is 14.4 Å². The van der Waals surface area contributed by atoms with Gasteiger partial charge < -0.3 is 10.2 Å². The highest BCUT2D eigenvalue weighted by Gasteiger charge is 2.29. The van der Waals surface area contributed by atoms with Crippen molar-refractivity contribution in [1.29, 1.82) is 0 Å². The molecule has 1 atom stereocenters. The van der Waals surface area contributed by atoms with Gasteiger partial charge in [-0.15, -0.1) is 0 Å². The standard InChI is InChI=1S/C17H30N4O3/c1-13(16(23)19-17(24)18-2)20-8-10-21(11-9-20)15(22)12-14-6-4-3-5-7-14/h13-14H,3-12H2,1-2H3,(H2,18,19,23,24)/t13-/m1/s1. The van der Waals surface area contributed by atoms with Gasteiger partial charge in [-0.3, -0.25) is 19.8 Å². The van der Waals surface area contributed by atoms with Gasteiger partial charge in [0.05, 0.1) is 6.04 Å². The van der Waals surface area contributed by atoms with E-state index in [0.717, 1.165) is 0 Å². The summed E-state index contributed by atoms with van der Waals surface area (Å²) in [5.41, 5.74) is 0. The molecule has 0 aromatic rings. The van der Waals surface area contributed by atoms with Crippen LogP contribution in [0.15, 0.2) is 0 Å². The van der Waals surface area contributed by atoms with Crippen molar-refractivity contribution in [2.45, 2.75) is 51.5 Å². The highest BCUT2D eigenvalue weighted by atomic mass is 16.2. The fourth-order valence-corrected chi connectivity index (χ4v) is 3.57. The first-order chi connectivity index (χ1) is 11.5. The number of carbonyl (C=O) groups is 3. The van der Waals surface area contributed by atoms with Crippen LogP contribution in [-0.4, -0.2) is 66.9 Å². The van der Waals surface area contributed by atoms with E-state index in [1.54, 1.807) is 6.92 Å². The molecule has 0 aromatic carbocycles. The topological polar surface area (TPSA) is 81.8 Å². The van der Waals surface area contributed by atoms with Crippen molar-refractivity contribution in [3.8, 4) is 0 Å². The van der Waals surface area contributed by atoms with Crippen LogP contribution in [0.25, 0.3) is 0 Å². The molecule has 1 saturated carbocycles. The summed E-state index contributed by atoms with van der Waals surface area (Å²) in [4.78, 5) is 39.6. The van der Waals surface area contributed by atoms with E-state index in [0.29, 0.717) is 38.5 Å². The van der Waals surface area contributed by atoms with Crippen LogP contribution in [0.1, 0.15) is 45.4 Å². The molecule has 0 radical (unpaired) electrons. The van der Waals surface area contributed by atoms with Gasteiger partial charge in [0.25, 0.3) is 0 Å². The van der Waals surface area contributed by atoms with Crippen LogP contribution < -0.4 is 10.6 Å². The van der Waals surface area contributed by atoms with Crippen LogP contribution >= 0.6 is 0 Å². The summed E-state index contributed by atoms with van der Waals surface area (Å²) in [5, 5.41) is 4.68. The quantitative estimate of drug-likeness (QED) is 0.799. The summed E-state index contributed by atoms with van der Waals surface area (Å²) in [5.74, 6) is 0.502. The van der Waals surface area contributed by atoms with Crippen molar-refractivity contribution in [3.05, 3.63) is 0 Å². The van der Waals surface area contributed by atoms with Gasteiger partial charge >= 0.3 is 6.03 Å². The van der Waals surface area contributed by atoms with Crippen LogP contribution in [-0.2, 0) is 9.59 Å². The van der Waals surface area contributed by atoms with Gasteiger partial charge in [-0.05, 0) is 25.7 Å². The molecule has 1 aliphatic heterocycles. The maximum atomic E-state index is 12.4. The molecule has 1 heterocycles. The van der Waals surface area contributed by atoms with Gasteiger partial charge in [0, 0.05) is 39.6 Å². The Morgan fingerprint density at radius 2 is 1.67 bits per heavy atom. The monoisotopic (exact) mass is 338 g/mol. The molecule has 0 bridgehead atoms. The Morgan fingerprint density at radius 3 is 2.25 bits per heavy atom. The number of imide groups is 1. The smallest absolute Gasteiger partial charge is 0.321 e. The lowest BCUT2D eigenvalue weighted by Gasteiger charge is -2.38. The second kappa shape index (κ2) is 9.01. The molecule has 2 rings (SSSR count). The van der Waals surface area contributed by atoms with E-state index in [2.05, 4.69) is 10.6 Å². The van der Waals surface area contributed by atoms with E-state index >= 15 is 0 Å². The van der Waals surface area contributed by atoms with E-state index in [1.165, 1.54) is 39.2 Å². The molecule has 136 valence electrons. The summed E-state index contributed by atoms with van der Waals surface area (Å²) >= 11 is 0. The molecule has 7 nitrogen and oxygen atoms in total. The first kappa shape index (κ1) is 18.7. The number of piperazine rings is 1. The van der Waals surface area contributed by atoms with E-state index in [4.69, 9.17) is 0 Å². The third kappa shape index (κ3) is 5.19. The molecule has 0 aromatic heterocycles. The van der Waals surface area contributed by atoms with Crippen LogP contribution in [0.2, 0.25) is 0 Å². The summed E-state index contributed by atoms with van der Waals surface area (Å²) in [7, 11) is 1.48. The minimum absolute atomic E-state index is 0.254. The number of carbonyl (C=O) groups excluding carboxylic acids is 3. The molecule has 2 aliphatic rings.